The molecular weight excluding hydrogens is 254 g/mol. The molecule has 1 aliphatic carbocycles. The molecule has 108 valence electrons. The summed E-state index contributed by atoms with van der Waals surface area (Å²) in [5.74, 6) is 0.617. The van der Waals surface area contributed by atoms with Crippen LogP contribution in [-0.4, -0.2) is 34.1 Å². The Labute approximate surface area is 119 Å². The van der Waals surface area contributed by atoms with Crippen molar-refractivity contribution in [3.8, 4) is 0 Å². The first-order valence-electron chi connectivity index (χ1n) is 7.40. The summed E-state index contributed by atoms with van der Waals surface area (Å²) in [4.78, 5) is 22.5. The molecule has 2 atom stereocenters. The Morgan fingerprint density at radius 2 is 2.20 bits per heavy atom. The van der Waals surface area contributed by atoms with E-state index in [0.29, 0.717) is 18.4 Å². The van der Waals surface area contributed by atoms with Crippen LogP contribution in [0.3, 0.4) is 0 Å². The molecule has 2 aliphatic rings. The molecule has 1 saturated carbocycles. The molecule has 0 radical (unpaired) electrons. The smallest absolute Gasteiger partial charge is 0.308 e. The lowest BCUT2D eigenvalue weighted by Crippen LogP contribution is -2.25. The monoisotopic (exact) mass is 275 g/mol. The van der Waals surface area contributed by atoms with Gasteiger partial charge in [-0.2, -0.15) is 0 Å². The summed E-state index contributed by atoms with van der Waals surface area (Å²) in [6.45, 7) is 5.42. The van der Waals surface area contributed by atoms with Crippen molar-refractivity contribution in [1.29, 1.82) is 0 Å². The minimum Gasteiger partial charge on any atom is -0.481 e. The molecule has 5 nitrogen and oxygen atoms in total. The van der Waals surface area contributed by atoms with Crippen LogP contribution in [0.4, 0.5) is 5.95 Å². The Bertz CT molecular complexity index is 528. The second kappa shape index (κ2) is 5.04. The molecule has 2 fully saturated rings. The first kappa shape index (κ1) is 13.3. The van der Waals surface area contributed by atoms with Gasteiger partial charge in [0.05, 0.1) is 5.92 Å². The maximum atomic E-state index is 11.4. The molecule has 1 aliphatic heterocycles. The van der Waals surface area contributed by atoms with Crippen molar-refractivity contribution in [2.24, 2.45) is 17.8 Å². The van der Waals surface area contributed by atoms with E-state index in [1.54, 1.807) is 0 Å². The third-order valence-electron chi connectivity index (χ3n) is 4.59. The van der Waals surface area contributed by atoms with Crippen molar-refractivity contribution in [3.63, 3.8) is 0 Å². The Morgan fingerprint density at radius 3 is 2.80 bits per heavy atom. The maximum Gasteiger partial charge on any atom is 0.308 e. The number of rotatable bonds is 4. The minimum atomic E-state index is -0.674. The van der Waals surface area contributed by atoms with Gasteiger partial charge < -0.3 is 10.0 Å². The van der Waals surface area contributed by atoms with Gasteiger partial charge in [0.2, 0.25) is 5.95 Å². The maximum absolute atomic E-state index is 11.4. The molecule has 1 saturated heterocycles. The third kappa shape index (κ3) is 2.37. The van der Waals surface area contributed by atoms with Crippen LogP contribution >= 0.6 is 0 Å². The highest BCUT2D eigenvalue weighted by Crippen LogP contribution is 2.44. The van der Waals surface area contributed by atoms with Gasteiger partial charge in [0.25, 0.3) is 0 Å². The summed E-state index contributed by atoms with van der Waals surface area (Å²) in [7, 11) is 0. The van der Waals surface area contributed by atoms with E-state index < -0.39 is 5.97 Å². The van der Waals surface area contributed by atoms with Crippen LogP contribution in [-0.2, 0) is 11.2 Å². The molecule has 5 heteroatoms. The molecular formula is C15H21N3O2. The molecule has 0 aromatic carbocycles. The van der Waals surface area contributed by atoms with Gasteiger partial charge in [-0.05, 0) is 43.6 Å². The van der Waals surface area contributed by atoms with E-state index in [9.17, 15) is 9.90 Å². The van der Waals surface area contributed by atoms with E-state index in [0.717, 1.165) is 24.2 Å². The van der Waals surface area contributed by atoms with E-state index in [4.69, 9.17) is 0 Å². The van der Waals surface area contributed by atoms with Gasteiger partial charge in [-0.25, -0.2) is 9.97 Å². The predicted octanol–water partition coefficient (Wildman–Crippen LogP) is 1.89. The van der Waals surface area contributed by atoms with Gasteiger partial charge >= 0.3 is 5.97 Å². The highest BCUT2D eigenvalue weighted by atomic mass is 16.4. The molecule has 20 heavy (non-hydrogen) atoms. The summed E-state index contributed by atoms with van der Waals surface area (Å²) in [5, 5.41) is 9.40. The fourth-order valence-electron chi connectivity index (χ4n) is 3.23. The zero-order valence-corrected chi connectivity index (χ0v) is 12.0. The Balaban J connectivity index is 1.82. The van der Waals surface area contributed by atoms with Crippen LogP contribution in [0.25, 0.3) is 0 Å². The fourth-order valence-corrected chi connectivity index (χ4v) is 3.23. The molecule has 0 bridgehead atoms. The number of carbonyl (C=O) groups is 1. The van der Waals surface area contributed by atoms with Crippen molar-refractivity contribution in [1.82, 2.24) is 9.97 Å². The fraction of sp³-hybridized carbons (Fsp3) is 0.667. The van der Waals surface area contributed by atoms with Crippen LogP contribution in [0.15, 0.2) is 6.20 Å². The topological polar surface area (TPSA) is 66.3 Å². The van der Waals surface area contributed by atoms with Gasteiger partial charge in [0.15, 0.2) is 0 Å². The normalized spacial score (nSPS) is 26.0. The number of carboxylic acid groups (broad SMARTS) is 1. The van der Waals surface area contributed by atoms with Crippen LogP contribution < -0.4 is 4.90 Å². The number of aromatic nitrogens is 2. The molecule has 0 unspecified atom stereocenters. The molecule has 2 heterocycles. The SMILES string of the molecule is CCc1nc(N2C[C@@H](C(=O)O)[C@H](C3CC3)C2)ncc1C. The van der Waals surface area contributed by atoms with Crippen LogP contribution in [0.2, 0.25) is 0 Å². The van der Waals surface area contributed by atoms with Crippen molar-refractivity contribution in [2.45, 2.75) is 33.1 Å². The van der Waals surface area contributed by atoms with Crippen LogP contribution in [0, 0.1) is 24.7 Å². The second-order valence-corrected chi connectivity index (χ2v) is 6.00. The van der Waals surface area contributed by atoms with Gasteiger partial charge in [0.1, 0.15) is 0 Å². The Kier molecular flexibility index (Phi) is 3.36. The number of aliphatic carboxylic acids is 1. The van der Waals surface area contributed by atoms with E-state index in [1.807, 2.05) is 13.1 Å². The highest BCUT2D eigenvalue weighted by Gasteiger charge is 2.46. The van der Waals surface area contributed by atoms with Gasteiger partial charge in [0, 0.05) is 25.0 Å². The minimum absolute atomic E-state index is 0.266. The van der Waals surface area contributed by atoms with E-state index in [-0.39, 0.29) is 11.8 Å². The number of hydrogen-bond acceptors (Lipinski definition) is 4. The predicted molar refractivity (Wildman–Crippen MR) is 75.7 cm³/mol. The first-order chi connectivity index (χ1) is 9.60. The summed E-state index contributed by atoms with van der Waals surface area (Å²) in [6, 6.07) is 0. The molecule has 3 rings (SSSR count). The van der Waals surface area contributed by atoms with Gasteiger partial charge in [-0.1, -0.05) is 6.92 Å². The van der Waals surface area contributed by atoms with E-state index in [1.165, 1.54) is 12.8 Å². The first-order valence-corrected chi connectivity index (χ1v) is 7.40. The average Bonchev–Trinajstić information content (AvgIpc) is 3.18. The summed E-state index contributed by atoms with van der Waals surface area (Å²) < 4.78 is 0. The average molecular weight is 275 g/mol. The third-order valence-corrected chi connectivity index (χ3v) is 4.59. The summed E-state index contributed by atoms with van der Waals surface area (Å²) >= 11 is 0. The number of nitrogens with zero attached hydrogens (tertiary/aromatic N) is 3. The Morgan fingerprint density at radius 1 is 1.45 bits per heavy atom. The van der Waals surface area contributed by atoms with Crippen LogP contribution in [0.5, 0.6) is 0 Å². The second-order valence-electron chi connectivity index (χ2n) is 6.00. The number of hydrogen-bond donors (Lipinski definition) is 1. The lowest BCUT2D eigenvalue weighted by Gasteiger charge is -2.17. The zero-order valence-electron chi connectivity index (χ0n) is 12.0. The van der Waals surface area contributed by atoms with Crippen molar-refractivity contribution < 1.29 is 9.90 Å². The van der Waals surface area contributed by atoms with E-state index in [2.05, 4.69) is 21.8 Å². The summed E-state index contributed by atoms with van der Waals surface area (Å²) in [6.07, 6.45) is 5.08. The molecule has 0 spiro atoms. The zero-order chi connectivity index (χ0) is 14.3. The van der Waals surface area contributed by atoms with Gasteiger partial charge in [-0.3, -0.25) is 4.79 Å². The Hall–Kier alpha value is -1.65. The lowest BCUT2D eigenvalue weighted by atomic mass is 9.92. The van der Waals surface area contributed by atoms with Crippen LogP contribution in [0.1, 0.15) is 31.0 Å². The lowest BCUT2D eigenvalue weighted by molar-refractivity contribution is -0.142. The number of anilines is 1. The van der Waals surface area contributed by atoms with Crippen molar-refractivity contribution >= 4 is 11.9 Å². The van der Waals surface area contributed by atoms with E-state index >= 15 is 0 Å². The molecule has 1 aromatic rings. The highest BCUT2D eigenvalue weighted by molar-refractivity contribution is 5.72. The number of aryl methyl sites for hydroxylation is 2. The standard InChI is InChI=1S/C15H21N3O2/c1-3-13-9(2)6-16-15(17-13)18-7-11(10-4-5-10)12(8-18)14(19)20/h6,10-12H,3-5,7-8H2,1-2H3,(H,19,20)/t11-,12+/m0/s1. The van der Waals surface area contributed by atoms with Gasteiger partial charge in [-0.15, -0.1) is 0 Å². The van der Waals surface area contributed by atoms with Crippen molar-refractivity contribution in [2.75, 3.05) is 18.0 Å². The number of carboxylic acids is 1. The molecule has 1 N–H and O–H groups in total. The van der Waals surface area contributed by atoms with Crippen molar-refractivity contribution in [3.05, 3.63) is 17.5 Å². The molecule has 0 amide bonds. The summed E-state index contributed by atoms with van der Waals surface area (Å²) in [5.41, 5.74) is 2.15. The largest absolute Gasteiger partial charge is 0.481 e. The molecule has 1 aromatic heterocycles. The quantitative estimate of drug-likeness (QED) is 0.909.